The molecule has 1 aromatic carbocycles. The second kappa shape index (κ2) is 5.11. The minimum Gasteiger partial charge on any atom is -0.497 e. The smallest absolute Gasteiger partial charge is 0.497 e. The largest absolute Gasteiger partial charge is 0.513 e. The quantitative estimate of drug-likeness (QED) is 0.549. The third kappa shape index (κ3) is 2.97. The van der Waals surface area contributed by atoms with E-state index in [4.69, 9.17) is 9.47 Å². The molecular weight excluding hydrogens is 184 g/mol. The molecule has 4 nitrogen and oxygen atoms in total. The maximum Gasteiger partial charge on any atom is 0.513 e. The highest BCUT2D eigenvalue weighted by Crippen LogP contribution is 2.19. The van der Waals surface area contributed by atoms with Crippen molar-refractivity contribution in [1.82, 2.24) is 0 Å². The van der Waals surface area contributed by atoms with E-state index in [1.807, 2.05) is 0 Å². The molecule has 0 radical (unpaired) electrons. The van der Waals surface area contributed by atoms with Gasteiger partial charge in [0.1, 0.15) is 11.5 Å². The van der Waals surface area contributed by atoms with Crippen LogP contribution in [0, 0.1) is 0 Å². The summed E-state index contributed by atoms with van der Waals surface area (Å²) in [6.07, 6.45) is -0.708. The lowest BCUT2D eigenvalue weighted by Crippen LogP contribution is -2.09. The molecule has 0 aliphatic carbocycles. The summed E-state index contributed by atoms with van der Waals surface area (Å²) >= 11 is 0. The molecule has 0 aliphatic rings. The lowest BCUT2D eigenvalue weighted by Gasteiger charge is -2.05. The molecule has 0 saturated heterocycles. The second-order valence-electron chi connectivity index (χ2n) is 2.46. The fourth-order valence-corrected chi connectivity index (χ4v) is 0.908. The predicted molar refractivity (Wildman–Crippen MR) is 50.6 cm³/mol. The number of ether oxygens (including phenoxy) is 3. The van der Waals surface area contributed by atoms with Gasteiger partial charge in [-0.3, -0.25) is 0 Å². The predicted octanol–water partition coefficient (Wildman–Crippen LogP) is 2.23. The monoisotopic (exact) mass is 196 g/mol. The van der Waals surface area contributed by atoms with Gasteiger partial charge in [-0.05, 0) is 19.1 Å². The van der Waals surface area contributed by atoms with Crippen LogP contribution >= 0.6 is 0 Å². The van der Waals surface area contributed by atoms with Crippen LogP contribution in [0.3, 0.4) is 0 Å². The summed E-state index contributed by atoms with van der Waals surface area (Å²) in [5.41, 5.74) is 0. The lowest BCUT2D eigenvalue weighted by molar-refractivity contribution is 0.104. The number of carbonyl (C=O) groups is 1. The average Bonchev–Trinajstić information content (AvgIpc) is 2.18. The van der Waals surface area contributed by atoms with Gasteiger partial charge in [-0.15, -0.1) is 0 Å². The van der Waals surface area contributed by atoms with Gasteiger partial charge in [0.15, 0.2) is 0 Å². The molecule has 4 heteroatoms. The Morgan fingerprint density at radius 2 is 2.07 bits per heavy atom. The molecule has 0 fully saturated rings. The third-order valence-corrected chi connectivity index (χ3v) is 1.50. The molecule has 0 spiro atoms. The summed E-state index contributed by atoms with van der Waals surface area (Å²) in [5, 5.41) is 0. The first-order chi connectivity index (χ1) is 6.76. The van der Waals surface area contributed by atoms with Gasteiger partial charge in [-0.25, -0.2) is 4.79 Å². The van der Waals surface area contributed by atoms with Crippen molar-refractivity contribution in [3.8, 4) is 11.5 Å². The molecule has 1 aromatic rings. The van der Waals surface area contributed by atoms with E-state index < -0.39 is 6.16 Å². The van der Waals surface area contributed by atoms with Crippen LogP contribution in [0.2, 0.25) is 0 Å². The highest BCUT2D eigenvalue weighted by atomic mass is 16.7. The van der Waals surface area contributed by atoms with Gasteiger partial charge in [-0.2, -0.15) is 0 Å². The zero-order valence-electron chi connectivity index (χ0n) is 8.15. The highest BCUT2D eigenvalue weighted by molar-refractivity contribution is 5.63. The summed E-state index contributed by atoms with van der Waals surface area (Å²) in [6.45, 7) is 2.01. The molecule has 0 N–H and O–H groups in total. The van der Waals surface area contributed by atoms with Crippen molar-refractivity contribution in [3.05, 3.63) is 24.3 Å². The summed E-state index contributed by atoms with van der Waals surface area (Å²) in [7, 11) is 1.55. The maximum absolute atomic E-state index is 10.9. The van der Waals surface area contributed by atoms with Crippen molar-refractivity contribution in [2.45, 2.75) is 6.92 Å². The van der Waals surface area contributed by atoms with Crippen LogP contribution < -0.4 is 9.47 Å². The standard InChI is InChI=1S/C10H12O4/c1-3-13-10(11)14-9-6-4-5-8(7-9)12-2/h4-7H,3H2,1-2H3. The van der Waals surface area contributed by atoms with Crippen LogP contribution in [-0.4, -0.2) is 19.9 Å². The molecule has 0 heterocycles. The Morgan fingerprint density at radius 1 is 1.36 bits per heavy atom. The van der Waals surface area contributed by atoms with E-state index in [-0.39, 0.29) is 0 Å². The second-order valence-corrected chi connectivity index (χ2v) is 2.46. The zero-order chi connectivity index (χ0) is 10.4. The number of rotatable bonds is 3. The lowest BCUT2D eigenvalue weighted by atomic mass is 10.3. The van der Waals surface area contributed by atoms with Gasteiger partial charge in [0.25, 0.3) is 0 Å². The highest BCUT2D eigenvalue weighted by Gasteiger charge is 2.04. The normalized spacial score (nSPS) is 9.29. The molecule has 76 valence electrons. The molecule has 0 atom stereocenters. The van der Waals surface area contributed by atoms with Crippen molar-refractivity contribution < 1.29 is 19.0 Å². The van der Waals surface area contributed by atoms with Crippen molar-refractivity contribution >= 4 is 6.16 Å². The van der Waals surface area contributed by atoms with Gasteiger partial charge < -0.3 is 14.2 Å². The Morgan fingerprint density at radius 3 is 2.71 bits per heavy atom. The fraction of sp³-hybridized carbons (Fsp3) is 0.300. The Labute approximate surface area is 82.4 Å². The van der Waals surface area contributed by atoms with Crippen molar-refractivity contribution in [2.75, 3.05) is 13.7 Å². The van der Waals surface area contributed by atoms with Crippen LogP contribution in [0.4, 0.5) is 4.79 Å². The maximum atomic E-state index is 10.9. The average molecular weight is 196 g/mol. The van der Waals surface area contributed by atoms with Gasteiger partial charge >= 0.3 is 6.16 Å². The number of carbonyl (C=O) groups excluding carboxylic acids is 1. The molecule has 0 amide bonds. The Bertz CT molecular complexity index is 309. The van der Waals surface area contributed by atoms with E-state index in [2.05, 4.69) is 4.74 Å². The van der Waals surface area contributed by atoms with E-state index in [0.29, 0.717) is 18.1 Å². The number of hydrogen-bond acceptors (Lipinski definition) is 4. The summed E-state index contributed by atoms with van der Waals surface area (Å²) in [5.74, 6) is 1.04. The molecule has 14 heavy (non-hydrogen) atoms. The Balaban J connectivity index is 2.62. The van der Waals surface area contributed by atoms with Crippen LogP contribution in [0.1, 0.15) is 6.92 Å². The molecule has 0 aliphatic heterocycles. The molecule has 0 bridgehead atoms. The van der Waals surface area contributed by atoms with Gasteiger partial charge in [0.2, 0.25) is 0 Å². The minimum atomic E-state index is -0.708. The van der Waals surface area contributed by atoms with Crippen molar-refractivity contribution in [3.63, 3.8) is 0 Å². The van der Waals surface area contributed by atoms with Crippen molar-refractivity contribution in [1.29, 1.82) is 0 Å². The zero-order valence-corrected chi connectivity index (χ0v) is 8.15. The summed E-state index contributed by atoms with van der Waals surface area (Å²) in [6, 6.07) is 6.75. The molecule has 0 saturated carbocycles. The van der Waals surface area contributed by atoms with E-state index in [0.717, 1.165) is 0 Å². The van der Waals surface area contributed by atoms with Gasteiger partial charge in [-0.1, -0.05) is 6.07 Å². The van der Waals surface area contributed by atoms with E-state index in [1.54, 1.807) is 38.3 Å². The minimum absolute atomic E-state index is 0.294. The van der Waals surface area contributed by atoms with E-state index in [9.17, 15) is 4.79 Å². The Kier molecular flexibility index (Phi) is 3.79. The fourth-order valence-electron chi connectivity index (χ4n) is 0.908. The summed E-state index contributed by atoms with van der Waals surface area (Å²) < 4.78 is 14.4. The van der Waals surface area contributed by atoms with Crippen LogP contribution in [0.5, 0.6) is 11.5 Å². The van der Waals surface area contributed by atoms with E-state index in [1.165, 1.54) is 0 Å². The van der Waals surface area contributed by atoms with Crippen LogP contribution in [0.25, 0.3) is 0 Å². The van der Waals surface area contributed by atoms with Crippen LogP contribution in [0.15, 0.2) is 24.3 Å². The van der Waals surface area contributed by atoms with Crippen LogP contribution in [-0.2, 0) is 4.74 Å². The number of hydrogen-bond donors (Lipinski definition) is 0. The van der Waals surface area contributed by atoms with Gasteiger partial charge in [0.05, 0.1) is 13.7 Å². The first kappa shape index (κ1) is 10.4. The number of methoxy groups -OCH3 is 1. The van der Waals surface area contributed by atoms with Gasteiger partial charge in [0, 0.05) is 6.07 Å². The third-order valence-electron chi connectivity index (χ3n) is 1.50. The van der Waals surface area contributed by atoms with E-state index >= 15 is 0 Å². The van der Waals surface area contributed by atoms with Crippen molar-refractivity contribution in [2.24, 2.45) is 0 Å². The molecule has 0 aromatic heterocycles. The number of benzene rings is 1. The molecule has 0 unspecified atom stereocenters. The summed E-state index contributed by atoms with van der Waals surface area (Å²) in [4.78, 5) is 10.9. The first-order valence-corrected chi connectivity index (χ1v) is 4.25. The SMILES string of the molecule is CCOC(=O)Oc1cccc(OC)c1. The molecular formula is C10H12O4. The first-order valence-electron chi connectivity index (χ1n) is 4.25. The molecule has 1 rings (SSSR count). The topological polar surface area (TPSA) is 44.8 Å². The Hall–Kier alpha value is -1.71.